The third-order valence-corrected chi connectivity index (χ3v) is 5.20. The van der Waals surface area contributed by atoms with Crippen LogP contribution in [0.1, 0.15) is 16.1 Å². The van der Waals surface area contributed by atoms with Gasteiger partial charge in [-0.15, -0.1) is 11.3 Å². The molecule has 10 heteroatoms. The average molecular weight is 435 g/mol. The van der Waals surface area contributed by atoms with E-state index in [0.29, 0.717) is 28.5 Å². The summed E-state index contributed by atoms with van der Waals surface area (Å²) in [5.41, 5.74) is 0.0232. The van der Waals surface area contributed by atoms with Gasteiger partial charge in [-0.1, -0.05) is 0 Å². The van der Waals surface area contributed by atoms with Crippen molar-refractivity contribution in [2.75, 3.05) is 12.4 Å². The van der Waals surface area contributed by atoms with Crippen LogP contribution >= 0.6 is 11.3 Å². The molecular formula is C20H13F4N3O2S. The number of rotatable bonds is 4. The fraction of sp³-hybridized carbons (Fsp3) is 0.100. The number of alkyl halides is 3. The van der Waals surface area contributed by atoms with Gasteiger partial charge in [0.15, 0.2) is 4.96 Å². The van der Waals surface area contributed by atoms with Crippen LogP contribution in [0.3, 0.4) is 0 Å². The summed E-state index contributed by atoms with van der Waals surface area (Å²) < 4.78 is 58.8. The molecule has 1 amide bonds. The largest absolute Gasteiger partial charge is 0.497 e. The van der Waals surface area contributed by atoms with Crippen molar-refractivity contribution in [3.63, 3.8) is 0 Å². The second-order valence-electron chi connectivity index (χ2n) is 6.27. The minimum absolute atomic E-state index is 0.163. The third kappa shape index (κ3) is 3.73. The van der Waals surface area contributed by atoms with Crippen molar-refractivity contribution in [1.82, 2.24) is 9.38 Å². The number of aromatic nitrogens is 2. The maximum atomic E-state index is 13.4. The molecule has 0 aliphatic heterocycles. The Bertz CT molecular complexity index is 1230. The number of methoxy groups -OCH3 is 1. The van der Waals surface area contributed by atoms with E-state index < -0.39 is 23.5 Å². The molecular weight excluding hydrogens is 422 g/mol. The zero-order chi connectivity index (χ0) is 21.5. The van der Waals surface area contributed by atoms with Gasteiger partial charge in [0.05, 0.1) is 18.4 Å². The van der Waals surface area contributed by atoms with Crippen LogP contribution in [0.25, 0.3) is 16.2 Å². The lowest BCUT2D eigenvalue weighted by Gasteiger charge is -2.10. The molecule has 2 heterocycles. The highest BCUT2D eigenvalue weighted by atomic mass is 32.1. The number of hydrogen-bond acceptors (Lipinski definition) is 4. The molecule has 0 fully saturated rings. The maximum Gasteiger partial charge on any atom is 0.419 e. The number of nitrogens with one attached hydrogen (secondary N) is 1. The highest BCUT2D eigenvalue weighted by molar-refractivity contribution is 7.15. The number of carbonyl (C=O) groups is 1. The molecule has 2 aromatic carbocycles. The molecule has 0 atom stereocenters. The zero-order valence-corrected chi connectivity index (χ0v) is 16.1. The van der Waals surface area contributed by atoms with Gasteiger partial charge < -0.3 is 10.1 Å². The Labute approximate surface area is 171 Å². The number of fused-ring (bicyclic) bond motifs is 1. The quantitative estimate of drug-likeness (QED) is 0.432. The van der Waals surface area contributed by atoms with Crippen molar-refractivity contribution in [2.24, 2.45) is 0 Å². The van der Waals surface area contributed by atoms with Crippen molar-refractivity contribution in [3.05, 3.63) is 71.1 Å². The Hall–Kier alpha value is -3.40. The van der Waals surface area contributed by atoms with Gasteiger partial charge in [0, 0.05) is 22.8 Å². The number of thiazole rings is 1. The van der Waals surface area contributed by atoms with Crippen LogP contribution in [0.2, 0.25) is 0 Å². The predicted octanol–water partition coefficient (Wildman–Crippen LogP) is 5.48. The van der Waals surface area contributed by atoms with Crippen molar-refractivity contribution < 1.29 is 27.1 Å². The van der Waals surface area contributed by atoms with Crippen LogP contribution in [0.5, 0.6) is 5.75 Å². The van der Waals surface area contributed by atoms with Crippen molar-refractivity contribution in [2.45, 2.75) is 6.18 Å². The first kappa shape index (κ1) is 19.9. The number of ether oxygens (including phenoxy) is 1. The number of carbonyl (C=O) groups excluding carboxylic acids is 1. The van der Waals surface area contributed by atoms with Gasteiger partial charge in [0.25, 0.3) is 5.91 Å². The highest BCUT2D eigenvalue weighted by Gasteiger charge is 2.34. The highest BCUT2D eigenvalue weighted by Crippen LogP contribution is 2.33. The average Bonchev–Trinajstić information content (AvgIpc) is 3.29. The minimum atomic E-state index is -4.86. The van der Waals surface area contributed by atoms with Crippen molar-refractivity contribution in [3.8, 4) is 17.0 Å². The molecule has 0 unspecified atom stereocenters. The molecule has 1 N–H and O–H groups in total. The first-order valence-corrected chi connectivity index (χ1v) is 9.43. The molecule has 4 aromatic rings. The van der Waals surface area contributed by atoms with Crippen LogP contribution in [0.15, 0.2) is 54.0 Å². The molecule has 0 bridgehead atoms. The normalized spacial score (nSPS) is 11.6. The van der Waals surface area contributed by atoms with E-state index in [1.807, 2.05) is 12.1 Å². The van der Waals surface area contributed by atoms with E-state index in [2.05, 4.69) is 10.3 Å². The maximum absolute atomic E-state index is 13.4. The monoisotopic (exact) mass is 435 g/mol. The van der Waals surface area contributed by atoms with E-state index in [1.54, 1.807) is 35.2 Å². The van der Waals surface area contributed by atoms with Gasteiger partial charge in [-0.05, 0) is 42.5 Å². The Morgan fingerprint density at radius 2 is 1.90 bits per heavy atom. The number of imidazole rings is 1. The molecule has 0 saturated carbocycles. The van der Waals surface area contributed by atoms with E-state index in [1.165, 1.54) is 11.3 Å². The SMILES string of the molecule is COc1ccc(-c2cn3c(C(=O)Nc4ccc(F)c(C(F)(F)F)c4)csc3n2)cc1. The Morgan fingerprint density at radius 1 is 1.17 bits per heavy atom. The molecule has 0 aliphatic carbocycles. The summed E-state index contributed by atoms with van der Waals surface area (Å²) in [6, 6.07) is 9.51. The first-order valence-electron chi connectivity index (χ1n) is 8.55. The number of benzene rings is 2. The van der Waals surface area contributed by atoms with Crippen molar-refractivity contribution in [1.29, 1.82) is 0 Å². The van der Waals surface area contributed by atoms with E-state index in [9.17, 15) is 22.4 Å². The van der Waals surface area contributed by atoms with Crippen LogP contribution in [0.4, 0.5) is 23.2 Å². The lowest BCUT2D eigenvalue weighted by Crippen LogP contribution is -2.15. The molecule has 0 aliphatic rings. The van der Waals surface area contributed by atoms with Gasteiger partial charge in [-0.3, -0.25) is 9.20 Å². The van der Waals surface area contributed by atoms with Crippen LogP contribution < -0.4 is 10.1 Å². The fourth-order valence-corrected chi connectivity index (χ4v) is 3.72. The smallest absolute Gasteiger partial charge is 0.419 e. The summed E-state index contributed by atoms with van der Waals surface area (Å²) in [5, 5.41) is 3.92. The number of anilines is 1. The number of amides is 1. The Kier molecular flexibility index (Phi) is 4.94. The second-order valence-corrected chi connectivity index (χ2v) is 7.11. The summed E-state index contributed by atoms with van der Waals surface area (Å²) in [7, 11) is 1.56. The minimum Gasteiger partial charge on any atom is -0.497 e. The van der Waals surface area contributed by atoms with Gasteiger partial charge in [-0.25, -0.2) is 9.37 Å². The van der Waals surface area contributed by atoms with Gasteiger partial charge in [-0.2, -0.15) is 13.2 Å². The summed E-state index contributed by atoms with van der Waals surface area (Å²) in [6.45, 7) is 0. The molecule has 2 aromatic heterocycles. The van der Waals surface area contributed by atoms with Crippen LogP contribution in [-0.2, 0) is 6.18 Å². The molecule has 0 radical (unpaired) electrons. The summed E-state index contributed by atoms with van der Waals surface area (Å²) >= 11 is 1.21. The van der Waals surface area contributed by atoms with Gasteiger partial charge in [0.1, 0.15) is 17.3 Å². The molecule has 4 rings (SSSR count). The molecule has 0 saturated heterocycles. The standard InChI is InChI=1S/C20H13F4N3O2S/c1-29-13-5-2-11(3-6-13)16-9-27-17(10-30-19(27)26-16)18(28)25-12-4-7-15(21)14(8-12)20(22,23)24/h2-10H,1H3,(H,25,28). The summed E-state index contributed by atoms with van der Waals surface area (Å²) in [4.78, 5) is 17.6. The topological polar surface area (TPSA) is 55.6 Å². The molecule has 30 heavy (non-hydrogen) atoms. The Balaban J connectivity index is 1.62. The number of halogens is 4. The van der Waals surface area contributed by atoms with Crippen LogP contribution in [0, 0.1) is 5.82 Å². The molecule has 154 valence electrons. The van der Waals surface area contributed by atoms with Crippen molar-refractivity contribution >= 4 is 27.9 Å². The van der Waals surface area contributed by atoms with E-state index in [4.69, 9.17) is 4.74 Å². The molecule has 5 nitrogen and oxygen atoms in total. The number of hydrogen-bond donors (Lipinski definition) is 1. The second kappa shape index (κ2) is 7.45. The van der Waals surface area contributed by atoms with Gasteiger partial charge >= 0.3 is 6.18 Å². The lowest BCUT2D eigenvalue weighted by molar-refractivity contribution is -0.139. The number of nitrogens with zero attached hydrogens (tertiary/aromatic N) is 2. The zero-order valence-electron chi connectivity index (χ0n) is 15.3. The first-order chi connectivity index (χ1) is 14.3. The van der Waals surface area contributed by atoms with Gasteiger partial charge in [0.2, 0.25) is 0 Å². The molecule has 0 spiro atoms. The van der Waals surface area contributed by atoms with E-state index in [0.717, 1.165) is 11.6 Å². The Morgan fingerprint density at radius 3 is 2.57 bits per heavy atom. The third-order valence-electron chi connectivity index (χ3n) is 4.36. The predicted molar refractivity (Wildman–Crippen MR) is 104 cm³/mol. The summed E-state index contributed by atoms with van der Waals surface area (Å²) in [6.07, 6.45) is -3.20. The van der Waals surface area contributed by atoms with E-state index in [-0.39, 0.29) is 11.4 Å². The summed E-state index contributed by atoms with van der Waals surface area (Å²) in [5.74, 6) is -1.35. The lowest BCUT2D eigenvalue weighted by atomic mass is 10.1. The van der Waals surface area contributed by atoms with Crippen LogP contribution in [-0.4, -0.2) is 22.4 Å². The fourth-order valence-electron chi connectivity index (χ4n) is 2.86. The van der Waals surface area contributed by atoms with E-state index >= 15 is 0 Å².